The van der Waals surface area contributed by atoms with Crippen LogP contribution in [-0.2, 0) is 83.2 Å². The van der Waals surface area contributed by atoms with E-state index in [9.17, 15) is 19.8 Å². The van der Waals surface area contributed by atoms with Crippen LogP contribution < -0.4 is 59.3 Å². The highest BCUT2D eigenvalue weighted by Gasteiger charge is 2.49. The number of fused-ring (bicyclic) bond motifs is 9. The summed E-state index contributed by atoms with van der Waals surface area (Å²) in [5.74, 6) is -13.3. The van der Waals surface area contributed by atoms with E-state index in [1.807, 2.05) is 24.3 Å². The number of nitrogens with two attached hydrogens (primary N) is 2. The molecule has 112 heavy (non-hydrogen) atoms. The normalized spacial score (nSPS) is 26.0. The van der Waals surface area contributed by atoms with Gasteiger partial charge in [0.15, 0.2) is 17.7 Å². The van der Waals surface area contributed by atoms with E-state index in [1.165, 1.54) is 27.7 Å². The lowest BCUT2D eigenvalue weighted by Gasteiger charge is -2.34. The Kier molecular flexibility index (Phi) is 28.5. The number of nitrogens with zero attached hydrogens (tertiary/aromatic N) is 2. The highest BCUT2D eigenvalue weighted by molar-refractivity contribution is 8.76. The van der Waals surface area contributed by atoms with Gasteiger partial charge in [-0.05, 0) is 80.3 Å². The molecule has 6 aromatic rings. The molecule has 33 heteroatoms. The molecule has 0 radical (unpaired) electrons. The van der Waals surface area contributed by atoms with Gasteiger partial charge in [0.2, 0.25) is 53.2 Å². The summed E-state index contributed by atoms with van der Waals surface area (Å²) in [6, 6.07) is 19.9. The average molecular weight is 1580 g/mol. The molecule has 4 saturated heterocycles. The molecule has 10 rings (SSSR count). The topological polar surface area (TPSA) is 491 Å². The number of hydrogen-bond acceptors (Lipinski definition) is 18. The lowest BCUT2D eigenvalue weighted by Crippen LogP contribution is -2.63. The van der Waals surface area contributed by atoms with Crippen molar-refractivity contribution in [3.05, 3.63) is 144 Å². The first-order valence-electron chi connectivity index (χ1n) is 37.7. The lowest BCUT2D eigenvalue weighted by atomic mass is 9.79. The molecule has 2 bridgehead atoms. The van der Waals surface area contributed by atoms with Crippen molar-refractivity contribution < 1.29 is 67.7 Å². The SMILES string of the molecule is CC1(C)CC(=O)[C@@H]2CSSC[C@H](NC(=O)[C@H](Cc3c[nH]c4ccccc34)NC(=O)[C@H](CCCNC(=N)N)NC(=O)[C@@H](Cc3ccccc3)NC(=O)[C@@H]3C[C@@H](O)CN3C1=O)C(=O)NC(C)(C)C(=O)N1C[C@H](O)C[C@H]1C(=O)N[C@H](Cc1ccccc1)C(=O)N[C@@H](CCCNC(=N)N)C(=O)C[C@@H](Cc1c[nH]c3ccccc13)C(=O)C2. The van der Waals surface area contributed by atoms with Gasteiger partial charge in [-0.1, -0.05) is 132 Å². The largest absolute Gasteiger partial charge is 0.391 e. The zero-order valence-electron chi connectivity index (χ0n) is 63.1. The fourth-order valence-electron chi connectivity index (χ4n) is 14.9. The van der Waals surface area contributed by atoms with Gasteiger partial charge in [-0.25, -0.2) is 0 Å². The van der Waals surface area contributed by atoms with Crippen LogP contribution in [0.15, 0.2) is 122 Å². The number of aromatic amines is 2. The molecule has 31 nitrogen and oxygen atoms in total. The van der Waals surface area contributed by atoms with E-state index in [1.54, 1.807) is 97.3 Å². The number of aliphatic hydroxyl groups is 2. The zero-order chi connectivity index (χ0) is 80.6. The Labute approximate surface area is 656 Å². The molecular weight excluding hydrogens is 1480 g/mol. The highest BCUT2D eigenvalue weighted by Crippen LogP contribution is 2.36. The summed E-state index contributed by atoms with van der Waals surface area (Å²) in [6.07, 6.45) is -1.90. The number of rotatable bonds is 16. The molecule has 12 atom stereocenters. The molecule has 4 aliphatic heterocycles. The van der Waals surface area contributed by atoms with E-state index in [4.69, 9.17) is 22.3 Å². The predicted molar refractivity (Wildman–Crippen MR) is 423 cm³/mol. The second-order valence-electron chi connectivity index (χ2n) is 30.5. The third kappa shape index (κ3) is 22.1. The number of aliphatic hydroxyl groups excluding tert-OH is 2. The molecule has 19 N–H and O–H groups in total. The van der Waals surface area contributed by atoms with Gasteiger partial charge in [0, 0.05) is 135 Å². The van der Waals surface area contributed by atoms with Crippen LogP contribution in [0.25, 0.3) is 21.8 Å². The fraction of sp³-hybridized carbons (Fsp3) is 0.468. The molecule has 0 unspecified atom stereocenters. The Balaban J connectivity index is 1.09. The number of guanidine groups is 2. The van der Waals surface area contributed by atoms with Gasteiger partial charge >= 0.3 is 0 Å². The maximum absolute atomic E-state index is 15.8. The summed E-state index contributed by atoms with van der Waals surface area (Å²) in [4.78, 5) is 193. The van der Waals surface area contributed by atoms with Crippen molar-refractivity contribution in [3.8, 4) is 0 Å². The Morgan fingerprint density at radius 2 is 0.929 bits per heavy atom. The maximum Gasteiger partial charge on any atom is 0.248 e. The van der Waals surface area contributed by atoms with Crippen molar-refractivity contribution in [1.29, 1.82) is 10.8 Å². The maximum atomic E-state index is 15.8. The lowest BCUT2D eigenvalue weighted by molar-refractivity contribution is -0.148. The van der Waals surface area contributed by atoms with Gasteiger partial charge in [-0.3, -0.25) is 68.4 Å². The van der Waals surface area contributed by atoms with Gasteiger partial charge in [0.1, 0.15) is 59.4 Å². The zero-order valence-corrected chi connectivity index (χ0v) is 64.7. The Hall–Kier alpha value is -10.6. The third-order valence-corrected chi connectivity index (χ3v) is 23.4. The number of carbonyl (C=O) groups is 12. The van der Waals surface area contributed by atoms with Crippen LogP contribution in [0, 0.1) is 28.1 Å². The number of benzene rings is 4. The van der Waals surface area contributed by atoms with Gasteiger partial charge in [-0.2, -0.15) is 0 Å². The second-order valence-corrected chi connectivity index (χ2v) is 33.1. The predicted octanol–water partition coefficient (Wildman–Crippen LogP) is 1.72. The first-order chi connectivity index (χ1) is 53.4. The van der Waals surface area contributed by atoms with Crippen LogP contribution in [0.4, 0.5) is 0 Å². The number of nitrogens with one attached hydrogen (secondary N) is 13. The molecule has 6 heterocycles. The van der Waals surface area contributed by atoms with E-state index in [0.717, 1.165) is 42.3 Å². The second kappa shape index (κ2) is 38.1. The molecule has 598 valence electrons. The fourth-order valence-corrected chi connectivity index (χ4v) is 17.4. The number of ketones is 3. The molecule has 4 aromatic carbocycles. The van der Waals surface area contributed by atoms with Crippen molar-refractivity contribution in [2.24, 2.45) is 28.7 Å². The van der Waals surface area contributed by atoms with Gasteiger partial charge in [0.05, 0.1) is 23.7 Å². The molecular formula is C79H101N17O14S2. The molecule has 0 spiro atoms. The molecule has 2 aromatic heterocycles. The van der Waals surface area contributed by atoms with E-state index in [2.05, 4.69) is 57.8 Å². The Morgan fingerprint density at radius 3 is 1.46 bits per heavy atom. The number of para-hydroxylation sites is 2. The van der Waals surface area contributed by atoms with Crippen LogP contribution in [0.3, 0.4) is 0 Å². The van der Waals surface area contributed by atoms with Crippen LogP contribution in [0.5, 0.6) is 0 Å². The summed E-state index contributed by atoms with van der Waals surface area (Å²) >= 11 is 0. The third-order valence-electron chi connectivity index (χ3n) is 20.9. The first-order valence-corrected chi connectivity index (χ1v) is 40.2. The summed E-state index contributed by atoms with van der Waals surface area (Å²) in [6.45, 7) is 5.07. The van der Waals surface area contributed by atoms with Gasteiger partial charge in [0.25, 0.3) is 0 Å². The number of H-pyrrole nitrogens is 2. The van der Waals surface area contributed by atoms with Crippen LogP contribution in [0.2, 0.25) is 0 Å². The van der Waals surface area contributed by atoms with Crippen LogP contribution >= 0.6 is 21.6 Å². The number of carbonyl (C=O) groups excluding carboxylic acids is 12. The van der Waals surface area contributed by atoms with Crippen molar-refractivity contribution in [2.75, 3.05) is 37.7 Å². The molecule has 0 saturated carbocycles. The standard InChI is InChI=1S/C79H101N17O14S2/c1-78(2)37-66(101)49-34-64(99)46(31-47-38-86-54-23-13-11-21-52(47)54)33-65(100)56(25-15-27-84-76(80)81)88-68(103)58(29-44-17-7-5-8-18-44)91-73(108)63-36-51(98)41-96(63)75(110)79(3,4)94-71(106)61(43-112-111-42-49)93-70(105)60(32-48-39-87-55-24-14-12-22-53(48)55)90-67(102)57(26-16-28-85-77(82)83)89-69(104)59(30-45-19-9-6-10-20-45)92-72(107)62-35-50(97)40-95(62)74(78)109/h5-14,17-24,38-39,46,49-51,56-63,86-87,97-98H,15-16,25-37,40-43H2,1-4H3,(H,88,103)(H,89,104)(H,90,102)(H,91,108)(H,92,107)(H,93,105)(H,94,106)(H4,80,81,84)(H4,82,83,85)/t46-,49+,50-,51-,56+,57+,58-,59-,60+,61+,62+,63+/m1/s1. The quantitative estimate of drug-likeness (QED) is 0.0284. The van der Waals surface area contributed by atoms with E-state index >= 15 is 47.9 Å². The van der Waals surface area contributed by atoms with Crippen molar-refractivity contribution in [3.63, 3.8) is 0 Å². The summed E-state index contributed by atoms with van der Waals surface area (Å²) in [5.41, 5.74) is 11.4. The summed E-state index contributed by atoms with van der Waals surface area (Å²) < 4.78 is 0. The van der Waals surface area contributed by atoms with Crippen molar-refractivity contribution in [2.45, 2.75) is 177 Å². The van der Waals surface area contributed by atoms with E-state index < -0.39 is 180 Å². The van der Waals surface area contributed by atoms with Crippen LogP contribution in [0.1, 0.15) is 108 Å². The minimum Gasteiger partial charge on any atom is -0.391 e. The van der Waals surface area contributed by atoms with Crippen molar-refractivity contribution >= 4 is 126 Å². The number of amides is 9. The number of Topliss-reactive ketones (excluding diaryl/α,β-unsaturated/α-hetero) is 3. The Morgan fingerprint density at radius 1 is 0.491 bits per heavy atom. The average Bonchev–Trinajstić information content (AvgIpc) is 1.64. The van der Waals surface area contributed by atoms with Crippen molar-refractivity contribution in [1.82, 2.24) is 67.6 Å². The first kappa shape index (κ1) is 83.8. The monoisotopic (exact) mass is 1580 g/mol. The van der Waals surface area contributed by atoms with E-state index in [0.29, 0.717) is 33.2 Å². The summed E-state index contributed by atoms with van der Waals surface area (Å²) in [5, 5.41) is 64.9. The van der Waals surface area contributed by atoms with Gasteiger partial charge < -0.3 is 89.3 Å². The van der Waals surface area contributed by atoms with Gasteiger partial charge in [-0.15, -0.1) is 0 Å². The smallest absolute Gasteiger partial charge is 0.248 e. The molecule has 4 aliphatic rings. The minimum absolute atomic E-state index is 0.0499. The van der Waals surface area contributed by atoms with E-state index in [-0.39, 0.29) is 107 Å². The number of aromatic nitrogens is 2. The summed E-state index contributed by atoms with van der Waals surface area (Å²) in [7, 11) is 2.02. The minimum atomic E-state index is -1.96. The molecule has 4 fully saturated rings. The molecule has 0 aliphatic carbocycles. The highest BCUT2D eigenvalue weighted by atomic mass is 33.1. The number of hydrogen-bond donors (Lipinski definition) is 17. The molecule has 9 amide bonds. The Bertz CT molecular complexity index is 4180. The van der Waals surface area contributed by atoms with Crippen LogP contribution in [-0.4, -0.2) is 216 Å².